The van der Waals surface area contributed by atoms with Gasteiger partial charge in [0.05, 0.1) is 10.6 Å². The topological polar surface area (TPSA) is 66.5 Å². The van der Waals surface area contributed by atoms with Gasteiger partial charge in [-0.05, 0) is 48.5 Å². The normalized spacial score (nSPS) is 11.0. The van der Waals surface area contributed by atoms with Crippen LogP contribution in [0.1, 0.15) is 0 Å². The summed E-state index contributed by atoms with van der Waals surface area (Å²) in [4.78, 5) is 12.5. The van der Waals surface area contributed by atoms with Crippen molar-refractivity contribution in [3.05, 3.63) is 90.7 Å². The molecule has 0 saturated heterocycles. The molecule has 3 rings (SSSR count). The maximum atomic E-state index is 13.3. The van der Waals surface area contributed by atoms with Crippen LogP contribution in [0, 0.1) is 5.82 Å². The van der Waals surface area contributed by atoms with Crippen LogP contribution in [0.4, 0.5) is 15.8 Å². The van der Waals surface area contributed by atoms with Crippen molar-refractivity contribution in [1.29, 1.82) is 0 Å². The number of benzene rings is 3. The van der Waals surface area contributed by atoms with E-state index >= 15 is 0 Å². The van der Waals surface area contributed by atoms with Gasteiger partial charge in [-0.25, -0.2) is 12.8 Å². The fourth-order valence-corrected chi connectivity index (χ4v) is 3.94. The molecule has 5 nitrogen and oxygen atoms in total. The summed E-state index contributed by atoms with van der Waals surface area (Å²) in [6.07, 6.45) is 0. The number of carbonyl (C=O) groups excluding carboxylic acids is 1. The third kappa shape index (κ3) is 4.51. The molecule has 27 heavy (non-hydrogen) atoms. The highest BCUT2D eigenvalue weighted by Crippen LogP contribution is 2.24. The van der Waals surface area contributed by atoms with Gasteiger partial charge in [-0.1, -0.05) is 36.4 Å². The second kappa shape index (κ2) is 8.01. The van der Waals surface area contributed by atoms with Crippen LogP contribution in [0.5, 0.6) is 0 Å². The number of hydrogen-bond acceptors (Lipinski definition) is 3. The molecule has 138 valence electrons. The molecule has 0 heterocycles. The number of para-hydroxylation sites is 1. The molecule has 3 aromatic carbocycles. The number of amides is 1. The van der Waals surface area contributed by atoms with Crippen LogP contribution in [-0.4, -0.2) is 20.9 Å². The largest absolute Gasteiger partial charge is 0.325 e. The molecule has 0 aromatic heterocycles. The average molecular weight is 384 g/mol. The summed E-state index contributed by atoms with van der Waals surface area (Å²) in [7, 11) is -4.00. The SMILES string of the molecule is O=C(CN(c1ccc(F)cc1)S(=O)(=O)c1ccccc1)Nc1ccccc1. The Morgan fingerprint density at radius 3 is 2.00 bits per heavy atom. The van der Waals surface area contributed by atoms with Crippen molar-refractivity contribution in [1.82, 2.24) is 0 Å². The van der Waals surface area contributed by atoms with Gasteiger partial charge < -0.3 is 5.32 Å². The van der Waals surface area contributed by atoms with Crippen molar-refractivity contribution in [2.24, 2.45) is 0 Å². The first-order valence-corrected chi connectivity index (χ1v) is 9.59. The van der Waals surface area contributed by atoms with Crippen molar-refractivity contribution in [2.75, 3.05) is 16.2 Å². The third-order valence-corrected chi connectivity index (χ3v) is 5.58. The summed E-state index contributed by atoms with van der Waals surface area (Å²) in [5.74, 6) is -1.01. The molecule has 0 aliphatic rings. The van der Waals surface area contributed by atoms with E-state index in [1.54, 1.807) is 48.5 Å². The Balaban J connectivity index is 1.93. The zero-order chi connectivity index (χ0) is 19.3. The van der Waals surface area contributed by atoms with E-state index in [4.69, 9.17) is 0 Å². The van der Waals surface area contributed by atoms with Crippen molar-refractivity contribution < 1.29 is 17.6 Å². The molecule has 0 aliphatic carbocycles. The van der Waals surface area contributed by atoms with Crippen LogP contribution in [0.2, 0.25) is 0 Å². The number of nitrogens with one attached hydrogen (secondary N) is 1. The molecule has 0 fully saturated rings. The summed E-state index contributed by atoms with van der Waals surface area (Å²) in [6.45, 7) is -0.447. The molecule has 0 aliphatic heterocycles. The maximum Gasteiger partial charge on any atom is 0.264 e. The van der Waals surface area contributed by atoms with E-state index in [2.05, 4.69) is 5.32 Å². The quantitative estimate of drug-likeness (QED) is 0.705. The average Bonchev–Trinajstić information content (AvgIpc) is 2.68. The van der Waals surface area contributed by atoms with Gasteiger partial charge in [-0.2, -0.15) is 0 Å². The van der Waals surface area contributed by atoms with Gasteiger partial charge in [-0.15, -0.1) is 0 Å². The van der Waals surface area contributed by atoms with Gasteiger partial charge in [0.15, 0.2) is 0 Å². The first kappa shape index (κ1) is 18.6. The van der Waals surface area contributed by atoms with E-state index < -0.39 is 28.3 Å². The molecule has 0 unspecified atom stereocenters. The number of rotatable bonds is 6. The van der Waals surface area contributed by atoms with E-state index in [0.717, 1.165) is 16.4 Å². The zero-order valence-electron chi connectivity index (χ0n) is 14.2. The standard InChI is InChI=1S/C20H17FN2O3S/c21-16-11-13-18(14-12-16)23(27(25,26)19-9-5-2-6-10-19)15-20(24)22-17-7-3-1-4-8-17/h1-14H,15H2,(H,22,24). The molecule has 0 saturated carbocycles. The smallest absolute Gasteiger partial charge is 0.264 e. The van der Waals surface area contributed by atoms with Crippen LogP contribution in [0.25, 0.3) is 0 Å². The van der Waals surface area contributed by atoms with E-state index in [9.17, 15) is 17.6 Å². The maximum absolute atomic E-state index is 13.3. The molecule has 0 atom stereocenters. The first-order chi connectivity index (χ1) is 13.0. The minimum absolute atomic E-state index is 0.0434. The predicted octanol–water partition coefficient (Wildman–Crippen LogP) is 3.66. The molecule has 0 bridgehead atoms. The molecule has 0 spiro atoms. The monoisotopic (exact) mass is 384 g/mol. The van der Waals surface area contributed by atoms with E-state index in [-0.39, 0.29) is 10.6 Å². The Morgan fingerprint density at radius 2 is 1.41 bits per heavy atom. The number of nitrogens with zero attached hydrogens (tertiary/aromatic N) is 1. The summed E-state index contributed by atoms with van der Waals surface area (Å²) < 4.78 is 40.3. The first-order valence-electron chi connectivity index (χ1n) is 8.15. The number of carbonyl (C=O) groups is 1. The number of halogens is 1. The van der Waals surface area contributed by atoms with Gasteiger partial charge in [0.25, 0.3) is 10.0 Å². The zero-order valence-corrected chi connectivity index (χ0v) is 15.1. The van der Waals surface area contributed by atoms with Crippen molar-refractivity contribution >= 4 is 27.3 Å². The van der Waals surface area contributed by atoms with Gasteiger partial charge in [0, 0.05) is 5.69 Å². The minimum atomic E-state index is -4.00. The molecular weight excluding hydrogens is 367 g/mol. The Bertz CT molecular complexity index is 1010. The van der Waals surface area contributed by atoms with Crippen molar-refractivity contribution in [3.63, 3.8) is 0 Å². The van der Waals surface area contributed by atoms with Crippen LogP contribution < -0.4 is 9.62 Å². The van der Waals surface area contributed by atoms with Gasteiger partial charge in [0.1, 0.15) is 12.4 Å². The highest BCUT2D eigenvalue weighted by atomic mass is 32.2. The molecule has 3 aromatic rings. The number of anilines is 2. The Morgan fingerprint density at radius 1 is 0.852 bits per heavy atom. The summed E-state index contributed by atoms with van der Waals surface area (Å²) in [5.41, 5.74) is 0.752. The van der Waals surface area contributed by atoms with E-state index in [0.29, 0.717) is 5.69 Å². The lowest BCUT2D eigenvalue weighted by Gasteiger charge is -2.24. The minimum Gasteiger partial charge on any atom is -0.325 e. The fourth-order valence-electron chi connectivity index (χ4n) is 2.49. The lowest BCUT2D eigenvalue weighted by atomic mass is 10.3. The third-order valence-electron chi connectivity index (χ3n) is 3.79. The Hall–Kier alpha value is -3.19. The number of hydrogen-bond donors (Lipinski definition) is 1. The second-order valence-electron chi connectivity index (χ2n) is 5.72. The predicted molar refractivity (Wildman–Crippen MR) is 102 cm³/mol. The van der Waals surface area contributed by atoms with E-state index in [1.165, 1.54) is 24.3 Å². The lowest BCUT2D eigenvalue weighted by molar-refractivity contribution is -0.114. The molecule has 0 radical (unpaired) electrons. The number of sulfonamides is 1. The summed E-state index contributed by atoms with van der Waals surface area (Å²) >= 11 is 0. The van der Waals surface area contributed by atoms with Crippen LogP contribution in [0.3, 0.4) is 0 Å². The van der Waals surface area contributed by atoms with Gasteiger partial charge in [-0.3, -0.25) is 9.10 Å². The highest BCUT2D eigenvalue weighted by molar-refractivity contribution is 7.92. The molecule has 7 heteroatoms. The van der Waals surface area contributed by atoms with Crippen LogP contribution in [0.15, 0.2) is 89.8 Å². The Labute approximate surface area is 157 Å². The van der Waals surface area contributed by atoms with Crippen molar-refractivity contribution in [2.45, 2.75) is 4.90 Å². The second-order valence-corrected chi connectivity index (χ2v) is 7.58. The molecular formula is C20H17FN2O3S. The fraction of sp³-hybridized carbons (Fsp3) is 0.0500. The van der Waals surface area contributed by atoms with Gasteiger partial charge in [0.2, 0.25) is 5.91 Å². The van der Waals surface area contributed by atoms with E-state index in [1.807, 2.05) is 0 Å². The summed E-state index contributed by atoms with van der Waals surface area (Å²) in [6, 6.07) is 21.5. The summed E-state index contributed by atoms with van der Waals surface area (Å²) in [5, 5.41) is 2.66. The molecule has 1 amide bonds. The lowest BCUT2D eigenvalue weighted by Crippen LogP contribution is -2.38. The molecule has 1 N–H and O–H groups in total. The van der Waals surface area contributed by atoms with Crippen molar-refractivity contribution in [3.8, 4) is 0 Å². The Kier molecular flexibility index (Phi) is 5.52. The highest BCUT2D eigenvalue weighted by Gasteiger charge is 2.27. The van der Waals surface area contributed by atoms with Crippen LogP contribution >= 0.6 is 0 Å². The van der Waals surface area contributed by atoms with Crippen LogP contribution in [-0.2, 0) is 14.8 Å². The van der Waals surface area contributed by atoms with Gasteiger partial charge >= 0.3 is 0 Å².